The van der Waals surface area contributed by atoms with Gasteiger partial charge in [0.2, 0.25) is 0 Å². The zero-order chi connectivity index (χ0) is 19.2. The Labute approximate surface area is 158 Å². The van der Waals surface area contributed by atoms with E-state index in [0.717, 1.165) is 11.4 Å². The van der Waals surface area contributed by atoms with Crippen molar-refractivity contribution in [2.24, 2.45) is 0 Å². The molecule has 0 bridgehead atoms. The van der Waals surface area contributed by atoms with Gasteiger partial charge < -0.3 is 20.3 Å². The van der Waals surface area contributed by atoms with E-state index in [4.69, 9.17) is 4.74 Å². The highest BCUT2D eigenvalue weighted by atomic mass is 16.5. The number of ether oxygens (including phenoxy) is 1. The Hall–Kier alpha value is -3.61. The zero-order valence-electron chi connectivity index (χ0n) is 15.4. The summed E-state index contributed by atoms with van der Waals surface area (Å²) in [5, 5.41) is 14.0. The fraction of sp³-hybridized carbons (Fsp3) is 0.150. The van der Waals surface area contributed by atoms with Crippen LogP contribution in [-0.2, 0) is 0 Å². The standard InChI is InChI=1S/C20H21N5O2/c1-25(2)16-8-6-15(7-9-16)21-18-12-13-19(24-23-18)22-20(26)14-4-10-17(27-3)11-5-14/h4-13H,1-3H3,(H,21,23)(H,22,24,26). The van der Waals surface area contributed by atoms with Crippen molar-refractivity contribution >= 4 is 28.9 Å². The van der Waals surface area contributed by atoms with Crippen molar-refractivity contribution in [3.8, 4) is 5.75 Å². The van der Waals surface area contributed by atoms with Crippen LogP contribution < -0.4 is 20.3 Å². The number of anilines is 4. The Morgan fingerprint density at radius 2 is 1.52 bits per heavy atom. The quantitative estimate of drug-likeness (QED) is 0.697. The topological polar surface area (TPSA) is 79.4 Å². The van der Waals surface area contributed by atoms with Crippen LogP contribution >= 0.6 is 0 Å². The summed E-state index contributed by atoms with van der Waals surface area (Å²) in [6, 6.07) is 18.3. The van der Waals surface area contributed by atoms with E-state index in [1.165, 1.54) is 0 Å². The van der Waals surface area contributed by atoms with E-state index in [9.17, 15) is 4.79 Å². The molecule has 1 heterocycles. The van der Waals surface area contributed by atoms with Gasteiger partial charge in [-0.25, -0.2) is 0 Å². The van der Waals surface area contributed by atoms with Gasteiger partial charge in [-0.15, -0.1) is 10.2 Å². The first kappa shape index (κ1) is 18.2. The Morgan fingerprint density at radius 3 is 2.07 bits per heavy atom. The number of amides is 1. The fourth-order valence-corrected chi connectivity index (χ4v) is 2.39. The van der Waals surface area contributed by atoms with Crippen molar-refractivity contribution in [1.82, 2.24) is 10.2 Å². The molecule has 27 heavy (non-hydrogen) atoms. The van der Waals surface area contributed by atoms with Crippen LogP contribution in [0.3, 0.4) is 0 Å². The third-order valence-electron chi connectivity index (χ3n) is 3.91. The molecule has 3 rings (SSSR count). The predicted molar refractivity (Wildman–Crippen MR) is 107 cm³/mol. The summed E-state index contributed by atoms with van der Waals surface area (Å²) in [5.41, 5.74) is 2.54. The van der Waals surface area contributed by atoms with Crippen LogP contribution in [0.15, 0.2) is 60.7 Å². The van der Waals surface area contributed by atoms with Crippen LogP contribution in [0.2, 0.25) is 0 Å². The second-order valence-electron chi connectivity index (χ2n) is 6.05. The van der Waals surface area contributed by atoms with E-state index in [-0.39, 0.29) is 5.91 Å². The van der Waals surface area contributed by atoms with Crippen molar-refractivity contribution < 1.29 is 9.53 Å². The van der Waals surface area contributed by atoms with E-state index in [1.54, 1.807) is 43.5 Å². The predicted octanol–water partition coefficient (Wildman–Crippen LogP) is 3.55. The molecule has 0 saturated heterocycles. The van der Waals surface area contributed by atoms with E-state index in [0.29, 0.717) is 22.9 Å². The number of aromatic nitrogens is 2. The smallest absolute Gasteiger partial charge is 0.256 e. The van der Waals surface area contributed by atoms with Crippen LogP contribution in [0.5, 0.6) is 5.75 Å². The third-order valence-corrected chi connectivity index (χ3v) is 3.91. The summed E-state index contributed by atoms with van der Waals surface area (Å²) in [6.45, 7) is 0. The van der Waals surface area contributed by atoms with Gasteiger partial charge in [-0.1, -0.05) is 0 Å². The molecule has 0 aliphatic rings. The fourth-order valence-electron chi connectivity index (χ4n) is 2.39. The van der Waals surface area contributed by atoms with Gasteiger partial charge in [0.1, 0.15) is 5.75 Å². The van der Waals surface area contributed by atoms with Gasteiger partial charge in [-0.05, 0) is 60.7 Å². The molecular formula is C20H21N5O2. The maximum atomic E-state index is 12.2. The van der Waals surface area contributed by atoms with Crippen LogP contribution in [0.1, 0.15) is 10.4 Å². The Morgan fingerprint density at radius 1 is 0.889 bits per heavy atom. The summed E-state index contributed by atoms with van der Waals surface area (Å²) in [4.78, 5) is 14.3. The highest BCUT2D eigenvalue weighted by molar-refractivity contribution is 6.03. The average Bonchev–Trinajstić information content (AvgIpc) is 2.70. The molecule has 138 valence electrons. The molecule has 0 aliphatic carbocycles. The van der Waals surface area contributed by atoms with Crippen molar-refractivity contribution in [2.45, 2.75) is 0 Å². The molecule has 0 fully saturated rings. The molecule has 7 heteroatoms. The first-order valence-corrected chi connectivity index (χ1v) is 8.39. The maximum absolute atomic E-state index is 12.2. The summed E-state index contributed by atoms with van der Waals surface area (Å²) in [7, 11) is 5.57. The monoisotopic (exact) mass is 363 g/mol. The van der Waals surface area contributed by atoms with Crippen molar-refractivity contribution in [1.29, 1.82) is 0 Å². The molecular weight excluding hydrogens is 342 g/mol. The normalized spacial score (nSPS) is 10.2. The molecule has 0 saturated carbocycles. The minimum Gasteiger partial charge on any atom is -0.497 e. The van der Waals surface area contributed by atoms with Crippen LogP contribution in [0.4, 0.5) is 23.0 Å². The van der Waals surface area contributed by atoms with E-state index in [2.05, 4.69) is 20.8 Å². The van der Waals surface area contributed by atoms with E-state index < -0.39 is 0 Å². The number of rotatable bonds is 6. The average molecular weight is 363 g/mol. The largest absolute Gasteiger partial charge is 0.497 e. The Balaban J connectivity index is 1.61. The molecule has 0 spiro atoms. The lowest BCUT2D eigenvalue weighted by atomic mass is 10.2. The molecule has 7 nitrogen and oxygen atoms in total. The third kappa shape index (κ3) is 4.72. The number of hydrogen-bond acceptors (Lipinski definition) is 6. The van der Waals surface area contributed by atoms with Gasteiger partial charge in [0.25, 0.3) is 5.91 Å². The number of benzene rings is 2. The van der Waals surface area contributed by atoms with Crippen LogP contribution in [0.25, 0.3) is 0 Å². The lowest BCUT2D eigenvalue weighted by molar-refractivity contribution is 0.102. The van der Waals surface area contributed by atoms with Gasteiger partial charge >= 0.3 is 0 Å². The molecule has 2 aromatic carbocycles. The SMILES string of the molecule is COc1ccc(C(=O)Nc2ccc(Nc3ccc(N(C)C)cc3)nn2)cc1. The second-order valence-corrected chi connectivity index (χ2v) is 6.05. The van der Waals surface area contributed by atoms with Crippen molar-refractivity contribution in [3.63, 3.8) is 0 Å². The molecule has 1 amide bonds. The van der Waals surface area contributed by atoms with Crippen LogP contribution in [0, 0.1) is 0 Å². The number of carbonyl (C=O) groups is 1. The summed E-state index contributed by atoms with van der Waals surface area (Å²) in [5.74, 6) is 1.41. The number of hydrogen-bond donors (Lipinski definition) is 2. The second kappa shape index (κ2) is 8.18. The highest BCUT2D eigenvalue weighted by Gasteiger charge is 2.08. The summed E-state index contributed by atoms with van der Waals surface area (Å²) < 4.78 is 5.08. The molecule has 3 aromatic rings. The summed E-state index contributed by atoms with van der Waals surface area (Å²) >= 11 is 0. The minimum atomic E-state index is -0.257. The number of methoxy groups -OCH3 is 1. The van der Waals surface area contributed by atoms with Gasteiger partial charge in [0.15, 0.2) is 11.6 Å². The first-order chi connectivity index (χ1) is 13.0. The Bertz CT molecular complexity index is 891. The molecule has 0 aliphatic heterocycles. The minimum absolute atomic E-state index is 0.257. The van der Waals surface area contributed by atoms with Crippen molar-refractivity contribution in [3.05, 3.63) is 66.2 Å². The van der Waals surface area contributed by atoms with Crippen molar-refractivity contribution in [2.75, 3.05) is 36.7 Å². The van der Waals surface area contributed by atoms with Gasteiger partial charge in [0, 0.05) is 31.0 Å². The lowest BCUT2D eigenvalue weighted by Crippen LogP contribution is -2.13. The number of nitrogens with one attached hydrogen (secondary N) is 2. The molecule has 0 radical (unpaired) electrons. The molecule has 2 N–H and O–H groups in total. The number of carbonyl (C=O) groups excluding carboxylic acids is 1. The summed E-state index contributed by atoms with van der Waals surface area (Å²) in [6.07, 6.45) is 0. The zero-order valence-corrected chi connectivity index (χ0v) is 15.4. The van der Waals surface area contributed by atoms with E-state index in [1.807, 2.05) is 43.3 Å². The van der Waals surface area contributed by atoms with E-state index >= 15 is 0 Å². The van der Waals surface area contributed by atoms with Gasteiger partial charge in [0.05, 0.1) is 7.11 Å². The molecule has 1 aromatic heterocycles. The van der Waals surface area contributed by atoms with Gasteiger partial charge in [-0.3, -0.25) is 4.79 Å². The van der Waals surface area contributed by atoms with Gasteiger partial charge in [-0.2, -0.15) is 0 Å². The maximum Gasteiger partial charge on any atom is 0.256 e. The first-order valence-electron chi connectivity index (χ1n) is 8.39. The van der Waals surface area contributed by atoms with Crippen LogP contribution in [-0.4, -0.2) is 37.3 Å². The number of nitrogens with zero attached hydrogens (tertiary/aromatic N) is 3. The molecule has 0 unspecified atom stereocenters. The molecule has 0 atom stereocenters. The lowest BCUT2D eigenvalue weighted by Gasteiger charge is -2.13. The highest BCUT2D eigenvalue weighted by Crippen LogP contribution is 2.19. The Kier molecular flexibility index (Phi) is 5.51.